The van der Waals surface area contributed by atoms with Crippen LogP contribution in [-0.4, -0.2) is 17.8 Å². The number of nitrogens with one attached hydrogen (secondary N) is 1. The van der Waals surface area contributed by atoms with Crippen molar-refractivity contribution in [3.05, 3.63) is 34.9 Å². The van der Waals surface area contributed by atoms with Gasteiger partial charge < -0.3 is 10.4 Å². The van der Waals surface area contributed by atoms with Crippen molar-refractivity contribution in [3.63, 3.8) is 0 Å². The summed E-state index contributed by atoms with van der Waals surface area (Å²) >= 11 is 0. The predicted octanol–water partition coefficient (Wildman–Crippen LogP) is 2.16. The fourth-order valence-electron chi connectivity index (χ4n) is 1.71. The van der Waals surface area contributed by atoms with E-state index in [4.69, 9.17) is 5.11 Å². The Labute approximate surface area is 92.3 Å². The van der Waals surface area contributed by atoms with E-state index >= 15 is 0 Å². The van der Waals surface area contributed by atoms with Gasteiger partial charge in [-0.15, -0.1) is 0 Å². The SMILES string of the molecule is Cc1cc(C)cc(CNCCC(C)O)c1. The van der Waals surface area contributed by atoms with Crippen molar-refractivity contribution in [2.24, 2.45) is 0 Å². The zero-order valence-electron chi connectivity index (χ0n) is 9.88. The van der Waals surface area contributed by atoms with Crippen LogP contribution in [-0.2, 0) is 6.54 Å². The van der Waals surface area contributed by atoms with Gasteiger partial charge in [0, 0.05) is 6.54 Å². The van der Waals surface area contributed by atoms with Gasteiger partial charge >= 0.3 is 0 Å². The lowest BCUT2D eigenvalue weighted by atomic mass is 10.1. The first-order valence-corrected chi connectivity index (χ1v) is 5.54. The summed E-state index contributed by atoms with van der Waals surface area (Å²) < 4.78 is 0. The second-order valence-electron chi connectivity index (χ2n) is 4.31. The predicted molar refractivity (Wildman–Crippen MR) is 63.9 cm³/mol. The van der Waals surface area contributed by atoms with Crippen LogP contribution in [0.2, 0.25) is 0 Å². The van der Waals surface area contributed by atoms with E-state index in [1.54, 1.807) is 0 Å². The van der Waals surface area contributed by atoms with Gasteiger partial charge in [0.15, 0.2) is 0 Å². The second-order valence-corrected chi connectivity index (χ2v) is 4.31. The van der Waals surface area contributed by atoms with Crippen LogP contribution in [0.1, 0.15) is 30.0 Å². The molecule has 1 aromatic carbocycles. The number of benzene rings is 1. The van der Waals surface area contributed by atoms with E-state index in [9.17, 15) is 0 Å². The molecule has 0 aliphatic carbocycles. The van der Waals surface area contributed by atoms with Crippen LogP contribution in [0.25, 0.3) is 0 Å². The molecule has 0 fully saturated rings. The van der Waals surface area contributed by atoms with Gasteiger partial charge in [0.1, 0.15) is 0 Å². The summed E-state index contributed by atoms with van der Waals surface area (Å²) in [5.74, 6) is 0. The Morgan fingerprint density at radius 1 is 1.20 bits per heavy atom. The highest BCUT2D eigenvalue weighted by Gasteiger charge is 1.97. The summed E-state index contributed by atoms with van der Waals surface area (Å²) in [7, 11) is 0. The van der Waals surface area contributed by atoms with Gasteiger partial charge in [-0.05, 0) is 39.3 Å². The minimum atomic E-state index is -0.211. The van der Waals surface area contributed by atoms with Gasteiger partial charge in [0.2, 0.25) is 0 Å². The van der Waals surface area contributed by atoms with Gasteiger partial charge in [0.05, 0.1) is 6.10 Å². The van der Waals surface area contributed by atoms with Crippen LogP contribution in [0.15, 0.2) is 18.2 Å². The van der Waals surface area contributed by atoms with E-state index in [1.807, 2.05) is 6.92 Å². The number of aryl methyl sites for hydroxylation is 2. The Morgan fingerprint density at radius 3 is 2.33 bits per heavy atom. The fourth-order valence-corrected chi connectivity index (χ4v) is 1.71. The molecule has 1 rings (SSSR count). The third-order valence-corrected chi connectivity index (χ3v) is 2.35. The van der Waals surface area contributed by atoms with Crippen LogP contribution in [0, 0.1) is 13.8 Å². The average molecular weight is 207 g/mol. The highest BCUT2D eigenvalue weighted by atomic mass is 16.3. The van der Waals surface area contributed by atoms with Crippen molar-refractivity contribution >= 4 is 0 Å². The zero-order chi connectivity index (χ0) is 11.3. The summed E-state index contributed by atoms with van der Waals surface area (Å²) in [4.78, 5) is 0. The quantitative estimate of drug-likeness (QED) is 0.725. The van der Waals surface area contributed by atoms with Crippen LogP contribution >= 0.6 is 0 Å². The number of hydrogen-bond donors (Lipinski definition) is 2. The van der Waals surface area contributed by atoms with Gasteiger partial charge in [-0.2, -0.15) is 0 Å². The molecule has 0 saturated heterocycles. The Balaban J connectivity index is 2.37. The average Bonchev–Trinajstić information content (AvgIpc) is 2.10. The van der Waals surface area contributed by atoms with Gasteiger partial charge in [-0.1, -0.05) is 29.3 Å². The molecule has 0 radical (unpaired) electrons. The molecule has 0 saturated carbocycles. The van der Waals surface area contributed by atoms with Gasteiger partial charge in [-0.25, -0.2) is 0 Å². The van der Waals surface area contributed by atoms with Crippen LogP contribution in [0.4, 0.5) is 0 Å². The van der Waals surface area contributed by atoms with E-state index in [1.165, 1.54) is 16.7 Å². The fraction of sp³-hybridized carbons (Fsp3) is 0.538. The maximum Gasteiger partial charge on any atom is 0.0524 e. The lowest BCUT2D eigenvalue weighted by molar-refractivity contribution is 0.183. The molecule has 0 spiro atoms. The molecule has 84 valence electrons. The topological polar surface area (TPSA) is 32.3 Å². The number of rotatable bonds is 5. The van der Waals surface area contributed by atoms with Crippen LogP contribution < -0.4 is 5.32 Å². The molecule has 15 heavy (non-hydrogen) atoms. The maximum absolute atomic E-state index is 9.10. The molecular weight excluding hydrogens is 186 g/mol. The molecule has 0 heterocycles. The molecule has 1 unspecified atom stereocenters. The monoisotopic (exact) mass is 207 g/mol. The minimum absolute atomic E-state index is 0.211. The summed E-state index contributed by atoms with van der Waals surface area (Å²) in [6, 6.07) is 6.57. The molecule has 0 aromatic heterocycles. The lowest BCUT2D eigenvalue weighted by Gasteiger charge is -2.08. The number of aliphatic hydroxyl groups is 1. The number of hydrogen-bond acceptors (Lipinski definition) is 2. The second kappa shape index (κ2) is 5.89. The van der Waals surface area contributed by atoms with Crippen LogP contribution in [0.3, 0.4) is 0 Å². The van der Waals surface area contributed by atoms with E-state index < -0.39 is 0 Å². The summed E-state index contributed by atoms with van der Waals surface area (Å²) in [5.41, 5.74) is 3.93. The molecule has 0 aliphatic rings. The first kappa shape index (κ1) is 12.2. The lowest BCUT2D eigenvalue weighted by Crippen LogP contribution is -2.18. The normalized spacial score (nSPS) is 12.8. The largest absolute Gasteiger partial charge is 0.393 e. The van der Waals surface area contributed by atoms with Crippen molar-refractivity contribution in [1.82, 2.24) is 5.32 Å². The Bertz CT molecular complexity index is 287. The molecule has 0 aliphatic heterocycles. The molecule has 1 atom stereocenters. The Kier molecular flexibility index (Phi) is 4.79. The van der Waals surface area contributed by atoms with Crippen molar-refractivity contribution in [1.29, 1.82) is 0 Å². The molecular formula is C13H21NO. The van der Waals surface area contributed by atoms with Crippen molar-refractivity contribution in [2.45, 2.75) is 39.8 Å². The summed E-state index contributed by atoms with van der Waals surface area (Å²) in [6.45, 7) is 7.80. The number of aliphatic hydroxyl groups excluding tert-OH is 1. The van der Waals surface area contributed by atoms with E-state index in [0.29, 0.717) is 0 Å². The third-order valence-electron chi connectivity index (χ3n) is 2.35. The van der Waals surface area contributed by atoms with E-state index in [0.717, 1.165) is 19.5 Å². The molecule has 2 nitrogen and oxygen atoms in total. The van der Waals surface area contributed by atoms with E-state index in [-0.39, 0.29) is 6.10 Å². The zero-order valence-corrected chi connectivity index (χ0v) is 9.88. The summed E-state index contributed by atoms with van der Waals surface area (Å²) in [5, 5.41) is 12.4. The standard InChI is InChI=1S/C13H21NO/c1-10-6-11(2)8-13(7-10)9-14-5-4-12(3)15/h6-8,12,14-15H,4-5,9H2,1-3H3. The Morgan fingerprint density at radius 2 is 1.80 bits per heavy atom. The van der Waals surface area contributed by atoms with Crippen molar-refractivity contribution in [3.8, 4) is 0 Å². The summed E-state index contributed by atoms with van der Waals surface area (Å²) in [6.07, 6.45) is 0.599. The third kappa shape index (κ3) is 4.96. The van der Waals surface area contributed by atoms with Gasteiger partial charge in [0.25, 0.3) is 0 Å². The molecule has 1 aromatic rings. The molecule has 2 N–H and O–H groups in total. The molecule has 2 heteroatoms. The Hall–Kier alpha value is -0.860. The van der Waals surface area contributed by atoms with Gasteiger partial charge in [-0.3, -0.25) is 0 Å². The highest BCUT2D eigenvalue weighted by molar-refractivity contribution is 5.28. The molecule has 0 bridgehead atoms. The maximum atomic E-state index is 9.10. The first-order valence-electron chi connectivity index (χ1n) is 5.54. The van der Waals surface area contributed by atoms with Crippen molar-refractivity contribution in [2.75, 3.05) is 6.54 Å². The van der Waals surface area contributed by atoms with E-state index in [2.05, 4.69) is 37.4 Å². The first-order chi connectivity index (χ1) is 7.08. The smallest absolute Gasteiger partial charge is 0.0524 e. The molecule has 0 amide bonds. The highest BCUT2D eigenvalue weighted by Crippen LogP contribution is 2.08. The van der Waals surface area contributed by atoms with Crippen LogP contribution in [0.5, 0.6) is 0 Å². The van der Waals surface area contributed by atoms with Crippen molar-refractivity contribution < 1.29 is 5.11 Å². The minimum Gasteiger partial charge on any atom is -0.393 e.